The topological polar surface area (TPSA) is 55.7 Å². The van der Waals surface area contributed by atoms with Gasteiger partial charge in [0.15, 0.2) is 5.78 Å². The highest BCUT2D eigenvalue weighted by Gasteiger charge is 2.45. The molecule has 2 aliphatic carbocycles. The predicted molar refractivity (Wildman–Crippen MR) is 129 cm³/mol. The molecule has 5 rings (SSSR count). The van der Waals surface area contributed by atoms with Crippen LogP contribution in [-0.4, -0.2) is 23.6 Å². The van der Waals surface area contributed by atoms with Gasteiger partial charge in [0.05, 0.1) is 0 Å². The molecule has 0 N–H and O–H groups in total. The molecule has 3 aliphatic rings. The number of carbonyl (C=O) groups is 2. The molecule has 1 unspecified atom stereocenters. The van der Waals surface area contributed by atoms with Crippen molar-refractivity contribution in [2.24, 2.45) is 10.9 Å². The van der Waals surface area contributed by atoms with Crippen molar-refractivity contribution in [3.8, 4) is 0 Å². The van der Waals surface area contributed by atoms with E-state index in [9.17, 15) is 14.0 Å². The van der Waals surface area contributed by atoms with Gasteiger partial charge in [-0.05, 0) is 68.2 Å². The fraction of sp³-hybridized carbons (Fsp3) is 0.414. The van der Waals surface area contributed by atoms with Crippen LogP contribution in [0.25, 0.3) is 0 Å². The number of hydrogen-bond donors (Lipinski definition) is 0. The Balaban J connectivity index is 1.52. The highest BCUT2D eigenvalue weighted by molar-refractivity contribution is 6.09. The van der Waals surface area contributed by atoms with E-state index in [1.807, 2.05) is 37.3 Å². The number of carbonyl (C=O) groups excluding carboxylic acids is 2. The van der Waals surface area contributed by atoms with E-state index in [0.29, 0.717) is 24.1 Å². The highest BCUT2D eigenvalue weighted by atomic mass is 19.1. The fourth-order valence-electron chi connectivity index (χ4n) is 5.78. The molecule has 0 saturated heterocycles. The lowest BCUT2D eigenvalue weighted by molar-refractivity contribution is -0.153. The van der Waals surface area contributed by atoms with Gasteiger partial charge in [0.2, 0.25) is 0 Å². The molecule has 2 aromatic rings. The minimum atomic E-state index is -0.677. The number of aliphatic imine (C=N–C) groups is 1. The van der Waals surface area contributed by atoms with E-state index in [0.717, 1.165) is 42.5 Å². The molecule has 176 valence electrons. The summed E-state index contributed by atoms with van der Waals surface area (Å²) in [5, 5.41) is 0. The van der Waals surface area contributed by atoms with Crippen molar-refractivity contribution >= 4 is 17.5 Å². The highest BCUT2D eigenvalue weighted by Crippen LogP contribution is 2.47. The predicted octanol–water partition coefficient (Wildman–Crippen LogP) is 6.28. The maximum absolute atomic E-state index is 13.7. The summed E-state index contributed by atoms with van der Waals surface area (Å²) in [6, 6.07) is 16.2. The number of Topliss-reactive ketones (excluding diaryl/α,β-unsaturated/α-hetero) is 1. The van der Waals surface area contributed by atoms with E-state index in [-0.39, 0.29) is 29.6 Å². The van der Waals surface area contributed by atoms with Crippen molar-refractivity contribution in [2.75, 3.05) is 0 Å². The number of nitrogens with zero attached hydrogens (tertiary/aromatic N) is 1. The molecule has 34 heavy (non-hydrogen) atoms. The number of ether oxygens (including phenoxy) is 1. The van der Waals surface area contributed by atoms with Crippen molar-refractivity contribution in [2.45, 2.75) is 69.8 Å². The number of ketones is 1. The number of esters is 1. The Labute approximate surface area is 199 Å². The first kappa shape index (κ1) is 22.7. The van der Waals surface area contributed by atoms with Crippen molar-refractivity contribution in [1.29, 1.82) is 0 Å². The van der Waals surface area contributed by atoms with Crippen LogP contribution in [0.4, 0.5) is 4.39 Å². The fourth-order valence-corrected chi connectivity index (χ4v) is 5.78. The van der Waals surface area contributed by atoms with Crippen LogP contribution in [0.2, 0.25) is 0 Å². The summed E-state index contributed by atoms with van der Waals surface area (Å²) in [7, 11) is 0. The largest absolute Gasteiger partial charge is 0.462 e. The Kier molecular flexibility index (Phi) is 6.44. The zero-order valence-corrected chi connectivity index (χ0v) is 19.5. The zero-order chi connectivity index (χ0) is 23.7. The van der Waals surface area contributed by atoms with E-state index < -0.39 is 11.8 Å². The molecule has 1 aliphatic heterocycles. The van der Waals surface area contributed by atoms with Gasteiger partial charge in [-0.25, -0.2) is 4.39 Å². The third-order valence-corrected chi connectivity index (χ3v) is 7.48. The van der Waals surface area contributed by atoms with Crippen LogP contribution in [-0.2, 0) is 14.3 Å². The minimum Gasteiger partial charge on any atom is -0.462 e. The molecule has 0 aromatic heterocycles. The van der Waals surface area contributed by atoms with Crippen LogP contribution in [0.3, 0.4) is 0 Å². The molecule has 0 radical (unpaired) electrons. The van der Waals surface area contributed by atoms with E-state index in [1.54, 1.807) is 12.1 Å². The Bertz CT molecular complexity index is 1130. The van der Waals surface area contributed by atoms with Gasteiger partial charge in [0.1, 0.15) is 17.8 Å². The van der Waals surface area contributed by atoms with Crippen LogP contribution in [0.5, 0.6) is 0 Å². The summed E-state index contributed by atoms with van der Waals surface area (Å²) >= 11 is 0. The van der Waals surface area contributed by atoms with Gasteiger partial charge >= 0.3 is 5.97 Å². The van der Waals surface area contributed by atoms with Gasteiger partial charge in [-0.2, -0.15) is 0 Å². The average molecular weight is 460 g/mol. The molecule has 5 heteroatoms. The number of benzene rings is 2. The SMILES string of the molecule is CC1=NC2=C(C(=O)C[C@H](c3ccccc3)C2)[C@@H](c2ccc(F)cc2)C1C(=O)OC1CCCCC1. The van der Waals surface area contributed by atoms with Crippen molar-refractivity contribution in [3.05, 3.63) is 82.8 Å². The molecular formula is C29H30FNO3. The summed E-state index contributed by atoms with van der Waals surface area (Å²) in [6.45, 7) is 1.85. The van der Waals surface area contributed by atoms with Crippen molar-refractivity contribution < 1.29 is 18.7 Å². The number of rotatable bonds is 4. The third-order valence-electron chi connectivity index (χ3n) is 7.48. The Morgan fingerprint density at radius 1 is 0.941 bits per heavy atom. The molecule has 1 saturated carbocycles. The maximum Gasteiger partial charge on any atom is 0.315 e. The zero-order valence-electron chi connectivity index (χ0n) is 19.5. The van der Waals surface area contributed by atoms with E-state index in [1.165, 1.54) is 18.6 Å². The molecule has 0 amide bonds. The van der Waals surface area contributed by atoms with Gasteiger partial charge in [-0.15, -0.1) is 0 Å². The molecule has 1 fully saturated rings. The lowest BCUT2D eigenvalue weighted by atomic mass is 9.69. The Morgan fingerprint density at radius 2 is 1.65 bits per heavy atom. The first-order valence-corrected chi connectivity index (χ1v) is 12.3. The standard InChI is InChI=1S/C29H30FNO3/c1-18-26(29(33)34-23-10-6-3-7-11-23)27(20-12-14-22(30)15-13-20)28-24(31-18)16-21(17-25(28)32)19-8-4-2-5-9-19/h2,4-5,8-9,12-15,21,23,26-27H,3,6-7,10-11,16-17H2,1H3/t21-,26?,27+/m1/s1. The van der Waals surface area contributed by atoms with Gasteiger partial charge < -0.3 is 4.74 Å². The van der Waals surface area contributed by atoms with Crippen LogP contribution >= 0.6 is 0 Å². The minimum absolute atomic E-state index is 0.0103. The second-order valence-electron chi connectivity index (χ2n) is 9.76. The average Bonchev–Trinajstić information content (AvgIpc) is 2.84. The Hall–Kier alpha value is -3.08. The Morgan fingerprint density at radius 3 is 2.35 bits per heavy atom. The normalized spacial score (nSPS) is 25.5. The first-order valence-electron chi connectivity index (χ1n) is 12.3. The van der Waals surface area contributed by atoms with Crippen molar-refractivity contribution in [3.63, 3.8) is 0 Å². The second-order valence-corrected chi connectivity index (χ2v) is 9.76. The smallest absolute Gasteiger partial charge is 0.315 e. The van der Waals surface area contributed by atoms with Crippen LogP contribution in [0.15, 0.2) is 70.9 Å². The number of hydrogen-bond acceptors (Lipinski definition) is 4. The van der Waals surface area contributed by atoms with Gasteiger partial charge in [-0.3, -0.25) is 14.6 Å². The molecule has 0 bridgehead atoms. The summed E-state index contributed by atoms with van der Waals surface area (Å²) in [4.78, 5) is 31.9. The molecule has 2 aromatic carbocycles. The molecule has 1 heterocycles. The van der Waals surface area contributed by atoms with Crippen LogP contribution in [0, 0.1) is 11.7 Å². The summed E-state index contributed by atoms with van der Waals surface area (Å²) < 4.78 is 19.7. The summed E-state index contributed by atoms with van der Waals surface area (Å²) in [5.41, 5.74) is 3.87. The number of halogens is 1. The maximum atomic E-state index is 13.7. The van der Waals surface area contributed by atoms with Gasteiger partial charge in [-0.1, -0.05) is 48.9 Å². The quantitative estimate of drug-likeness (QED) is 0.506. The summed E-state index contributed by atoms with van der Waals surface area (Å²) in [5.74, 6) is -1.79. The van der Waals surface area contributed by atoms with Gasteiger partial charge in [0, 0.05) is 29.3 Å². The molecule has 3 atom stereocenters. The van der Waals surface area contributed by atoms with Crippen LogP contribution < -0.4 is 0 Å². The molecular weight excluding hydrogens is 429 g/mol. The van der Waals surface area contributed by atoms with Crippen LogP contribution in [0.1, 0.15) is 74.8 Å². The number of allylic oxidation sites excluding steroid dienone is 2. The van der Waals surface area contributed by atoms with E-state index in [2.05, 4.69) is 0 Å². The summed E-state index contributed by atoms with van der Waals surface area (Å²) in [6.07, 6.45) is 5.98. The lowest BCUT2D eigenvalue weighted by Crippen LogP contribution is -2.39. The van der Waals surface area contributed by atoms with E-state index in [4.69, 9.17) is 9.73 Å². The third kappa shape index (κ3) is 4.48. The second kappa shape index (κ2) is 9.65. The monoisotopic (exact) mass is 459 g/mol. The van der Waals surface area contributed by atoms with Gasteiger partial charge in [0.25, 0.3) is 0 Å². The molecule has 0 spiro atoms. The molecule has 4 nitrogen and oxygen atoms in total. The van der Waals surface area contributed by atoms with E-state index >= 15 is 0 Å². The van der Waals surface area contributed by atoms with Crippen molar-refractivity contribution in [1.82, 2.24) is 0 Å². The lowest BCUT2D eigenvalue weighted by Gasteiger charge is -2.37. The first-order chi connectivity index (χ1) is 16.5.